The van der Waals surface area contributed by atoms with Gasteiger partial charge in [0.25, 0.3) is 0 Å². The van der Waals surface area contributed by atoms with Gasteiger partial charge in [-0.3, -0.25) is 9.59 Å². The second-order valence-corrected chi connectivity index (χ2v) is 6.07. The Morgan fingerprint density at radius 1 is 1.07 bits per heavy atom. The van der Waals surface area contributed by atoms with E-state index >= 15 is 0 Å². The number of esters is 1. The zero-order chi connectivity index (χ0) is 19.8. The molecule has 0 heterocycles. The summed E-state index contributed by atoms with van der Waals surface area (Å²) in [5.74, 6) is -2.24. The van der Waals surface area contributed by atoms with Crippen LogP contribution in [0.5, 0.6) is 0 Å². The fourth-order valence-corrected chi connectivity index (χ4v) is 2.44. The molecule has 0 bridgehead atoms. The smallest absolute Gasteiger partial charge is 0.337 e. The summed E-state index contributed by atoms with van der Waals surface area (Å²) in [6, 6.07) is 11.2. The van der Waals surface area contributed by atoms with Gasteiger partial charge in [-0.15, -0.1) is 0 Å². The van der Waals surface area contributed by atoms with Crippen molar-refractivity contribution >= 4 is 47.2 Å². The molecule has 2 N–H and O–H groups in total. The van der Waals surface area contributed by atoms with E-state index in [2.05, 4.69) is 20.6 Å². The molecule has 0 aromatic heterocycles. The van der Waals surface area contributed by atoms with E-state index in [4.69, 9.17) is 23.2 Å². The van der Waals surface area contributed by atoms with Crippen molar-refractivity contribution < 1.29 is 19.1 Å². The number of benzene rings is 2. The third-order valence-electron chi connectivity index (χ3n) is 3.37. The quantitative estimate of drug-likeness (QED) is 0.344. The van der Waals surface area contributed by atoms with Gasteiger partial charge in [-0.05, 0) is 35.4 Å². The lowest BCUT2D eigenvalue weighted by Crippen LogP contribution is -2.37. The molecule has 0 fully saturated rings. The molecule has 140 valence electrons. The van der Waals surface area contributed by atoms with Gasteiger partial charge >= 0.3 is 17.8 Å². The van der Waals surface area contributed by atoms with Gasteiger partial charge in [0.05, 0.1) is 18.9 Å². The Balaban J connectivity index is 1.84. The van der Waals surface area contributed by atoms with Gasteiger partial charge in [-0.25, -0.2) is 10.2 Å². The number of rotatable bonds is 5. The lowest BCUT2D eigenvalue weighted by molar-refractivity contribution is -0.139. The third kappa shape index (κ3) is 6.09. The largest absolute Gasteiger partial charge is 0.465 e. The summed E-state index contributed by atoms with van der Waals surface area (Å²) in [5, 5.41) is 6.99. The third-order valence-corrected chi connectivity index (χ3v) is 3.96. The van der Waals surface area contributed by atoms with Gasteiger partial charge in [0.1, 0.15) is 0 Å². The predicted molar refractivity (Wildman–Crippen MR) is 102 cm³/mol. The van der Waals surface area contributed by atoms with Gasteiger partial charge in [0.2, 0.25) is 0 Å². The van der Waals surface area contributed by atoms with Crippen LogP contribution in [-0.2, 0) is 20.9 Å². The molecule has 7 nitrogen and oxygen atoms in total. The Hall–Kier alpha value is -2.90. The molecule has 0 aliphatic heterocycles. The van der Waals surface area contributed by atoms with Gasteiger partial charge < -0.3 is 10.1 Å². The van der Waals surface area contributed by atoms with E-state index in [1.807, 2.05) is 0 Å². The zero-order valence-electron chi connectivity index (χ0n) is 14.2. The number of carbonyl (C=O) groups is 3. The summed E-state index contributed by atoms with van der Waals surface area (Å²) in [4.78, 5) is 34.8. The molecule has 0 spiro atoms. The van der Waals surface area contributed by atoms with Crippen LogP contribution < -0.4 is 10.7 Å². The fraction of sp³-hybridized carbons (Fsp3) is 0.111. The molecule has 2 aromatic rings. The highest BCUT2D eigenvalue weighted by Crippen LogP contribution is 2.20. The maximum Gasteiger partial charge on any atom is 0.337 e. The molecule has 2 aromatic carbocycles. The van der Waals surface area contributed by atoms with E-state index in [9.17, 15) is 14.4 Å². The molecule has 9 heteroatoms. The summed E-state index contributed by atoms with van der Waals surface area (Å²) >= 11 is 11.8. The molecule has 2 rings (SSSR count). The summed E-state index contributed by atoms with van der Waals surface area (Å²) < 4.78 is 4.59. The Kier molecular flexibility index (Phi) is 7.34. The number of amides is 2. The first-order chi connectivity index (χ1) is 12.9. The summed E-state index contributed by atoms with van der Waals surface area (Å²) in [5.41, 5.74) is 3.74. The minimum atomic E-state index is -0.928. The number of methoxy groups -OCH3 is 1. The standard InChI is InChI=1S/C18H15Cl2N3O4/c1-27-18(26)12-4-2-11(3-5-12)9-22-23-17(25)16(24)21-10-13-6-7-14(19)8-15(13)20/h2-9H,10H2,1H3,(H,21,24)(H,23,25)/b22-9+. The molecule has 0 radical (unpaired) electrons. The monoisotopic (exact) mass is 407 g/mol. The van der Waals surface area contributed by atoms with E-state index in [0.29, 0.717) is 26.7 Å². The molecule has 0 saturated carbocycles. The lowest BCUT2D eigenvalue weighted by atomic mass is 10.1. The van der Waals surface area contributed by atoms with E-state index in [1.54, 1.807) is 42.5 Å². The van der Waals surface area contributed by atoms with Crippen LogP contribution in [0.4, 0.5) is 0 Å². The van der Waals surface area contributed by atoms with Crippen LogP contribution in [-0.4, -0.2) is 31.1 Å². The fourth-order valence-electron chi connectivity index (χ4n) is 1.96. The predicted octanol–water partition coefficient (Wildman–Crippen LogP) is 2.55. The number of hydrogen-bond donors (Lipinski definition) is 2. The van der Waals surface area contributed by atoms with Gasteiger partial charge in [-0.2, -0.15) is 5.10 Å². The maximum atomic E-state index is 11.8. The van der Waals surface area contributed by atoms with Crippen molar-refractivity contribution in [3.05, 3.63) is 69.2 Å². The van der Waals surface area contributed by atoms with Crippen LogP contribution >= 0.6 is 23.2 Å². The number of carbonyl (C=O) groups excluding carboxylic acids is 3. The molecule has 0 atom stereocenters. The number of halogens is 2. The van der Waals surface area contributed by atoms with E-state index < -0.39 is 17.8 Å². The average Bonchev–Trinajstić information content (AvgIpc) is 2.66. The minimum absolute atomic E-state index is 0.0704. The number of ether oxygens (including phenoxy) is 1. The van der Waals surface area contributed by atoms with Crippen LogP contribution in [0.2, 0.25) is 10.0 Å². The second kappa shape index (κ2) is 9.70. The number of hydrogen-bond acceptors (Lipinski definition) is 5. The Labute approximate surface area is 165 Å². The first kappa shape index (κ1) is 20.4. The summed E-state index contributed by atoms with van der Waals surface area (Å²) in [6.45, 7) is 0.0704. The highest BCUT2D eigenvalue weighted by Gasteiger charge is 2.13. The van der Waals surface area contributed by atoms with Crippen molar-refractivity contribution in [3.63, 3.8) is 0 Å². The maximum absolute atomic E-state index is 11.8. The van der Waals surface area contributed by atoms with Crippen LogP contribution in [0.25, 0.3) is 0 Å². The highest BCUT2D eigenvalue weighted by molar-refractivity contribution is 6.36. The lowest BCUT2D eigenvalue weighted by Gasteiger charge is -2.06. The van der Waals surface area contributed by atoms with E-state index in [1.165, 1.54) is 13.3 Å². The Morgan fingerprint density at radius 3 is 2.41 bits per heavy atom. The summed E-state index contributed by atoms with van der Waals surface area (Å²) in [7, 11) is 1.29. The Morgan fingerprint density at radius 2 is 1.78 bits per heavy atom. The second-order valence-electron chi connectivity index (χ2n) is 5.23. The number of nitrogens with zero attached hydrogens (tertiary/aromatic N) is 1. The van der Waals surface area contributed by atoms with Crippen LogP contribution in [0.1, 0.15) is 21.5 Å². The van der Waals surface area contributed by atoms with Crippen LogP contribution in [0, 0.1) is 0 Å². The molecule has 0 saturated heterocycles. The van der Waals surface area contributed by atoms with Gasteiger partial charge in [-0.1, -0.05) is 41.4 Å². The van der Waals surface area contributed by atoms with Crippen molar-refractivity contribution in [2.75, 3.05) is 7.11 Å². The molecular weight excluding hydrogens is 393 g/mol. The molecule has 27 heavy (non-hydrogen) atoms. The van der Waals surface area contributed by atoms with Crippen molar-refractivity contribution in [1.29, 1.82) is 0 Å². The average molecular weight is 408 g/mol. The zero-order valence-corrected chi connectivity index (χ0v) is 15.7. The molecule has 0 aliphatic carbocycles. The van der Waals surface area contributed by atoms with E-state index in [-0.39, 0.29) is 6.54 Å². The molecule has 0 unspecified atom stereocenters. The first-order valence-electron chi connectivity index (χ1n) is 7.64. The Bertz CT molecular complexity index is 883. The number of hydrazone groups is 1. The van der Waals surface area contributed by atoms with E-state index in [0.717, 1.165) is 0 Å². The van der Waals surface area contributed by atoms with Crippen molar-refractivity contribution in [2.45, 2.75) is 6.54 Å². The van der Waals surface area contributed by atoms with Crippen molar-refractivity contribution in [3.8, 4) is 0 Å². The number of nitrogens with one attached hydrogen (secondary N) is 2. The van der Waals surface area contributed by atoms with Gasteiger partial charge in [0, 0.05) is 16.6 Å². The van der Waals surface area contributed by atoms with Gasteiger partial charge in [0.15, 0.2) is 0 Å². The minimum Gasteiger partial charge on any atom is -0.465 e. The first-order valence-corrected chi connectivity index (χ1v) is 8.40. The highest BCUT2D eigenvalue weighted by atomic mass is 35.5. The van der Waals surface area contributed by atoms with Crippen molar-refractivity contribution in [2.24, 2.45) is 5.10 Å². The SMILES string of the molecule is COC(=O)c1ccc(/C=N/NC(=O)C(=O)NCc2ccc(Cl)cc2Cl)cc1. The van der Waals surface area contributed by atoms with Crippen molar-refractivity contribution in [1.82, 2.24) is 10.7 Å². The van der Waals surface area contributed by atoms with Crippen LogP contribution in [0.15, 0.2) is 47.6 Å². The molecule has 2 amide bonds. The van der Waals surface area contributed by atoms with Crippen LogP contribution in [0.3, 0.4) is 0 Å². The molecular formula is C18H15Cl2N3O4. The molecule has 0 aliphatic rings. The normalized spacial score (nSPS) is 10.5. The topological polar surface area (TPSA) is 96.9 Å². The summed E-state index contributed by atoms with van der Waals surface area (Å²) in [6.07, 6.45) is 1.34.